The van der Waals surface area contributed by atoms with Gasteiger partial charge in [0.1, 0.15) is 0 Å². The Hall–Kier alpha value is 0.700. The second-order valence-electron chi connectivity index (χ2n) is 1.95. The number of hydrogen-bond donors (Lipinski definition) is 2. The second kappa shape index (κ2) is 4.57. The maximum atomic E-state index is 4.28. The minimum Gasteiger partial charge on any atom is -0.176 e. The van der Waals surface area contributed by atoms with Crippen molar-refractivity contribution >= 4 is 25.3 Å². The lowest BCUT2D eigenvalue weighted by Crippen LogP contribution is -2.03. The zero-order valence-electron chi connectivity index (χ0n) is 5.17. The van der Waals surface area contributed by atoms with Gasteiger partial charge in [-0.3, -0.25) is 0 Å². The molecule has 0 saturated heterocycles. The van der Waals surface area contributed by atoms with Gasteiger partial charge in [0.25, 0.3) is 0 Å². The highest BCUT2D eigenvalue weighted by molar-refractivity contribution is 7.82. The molecule has 0 aliphatic heterocycles. The summed E-state index contributed by atoms with van der Waals surface area (Å²) in [4.78, 5) is 0. The van der Waals surface area contributed by atoms with E-state index in [4.69, 9.17) is 0 Å². The van der Waals surface area contributed by atoms with Crippen molar-refractivity contribution in [2.75, 3.05) is 0 Å². The molecule has 49 valence electrons. The van der Waals surface area contributed by atoms with Crippen molar-refractivity contribution < 1.29 is 0 Å². The molecule has 0 aromatic rings. The van der Waals surface area contributed by atoms with E-state index in [2.05, 4.69) is 39.1 Å². The Morgan fingerprint density at radius 3 is 2.12 bits per heavy atom. The molecule has 0 fully saturated rings. The molecule has 0 aliphatic rings. The molecule has 0 bridgehead atoms. The smallest absolute Gasteiger partial charge is 0.00276 e. The van der Waals surface area contributed by atoms with Gasteiger partial charge in [-0.1, -0.05) is 6.92 Å². The Balaban J connectivity index is 3.10. The Labute approximate surface area is 62.9 Å². The van der Waals surface area contributed by atoms with Crippen molar-refractivity contribution in [3.63, 3.8) is 0 Å². The van der Waals surface area contributed by atoms with Crippen LogP contribution in [0.25, 0.3) is 0 Å². The van der Waals surface area contributed by atoms with E-state index in [1.54, 1.807) is 0 Å². The van der Waals surface area contributed by atoms with Crippen LogP contribution in [0.4, 0.5) is 0 Å². The lowest BCUT2D eigenvalue weighted by atomic mass is 10.2. The topological polar surface area (TPSA) is 0 Å². The first-order valence-electron chi connectivity index (χ1n) is 2.86. The molecule has 1 radical (unpaired) electrons. The Morgan fingerprint density at radius 2 is 2.00 bits per heavy atom. The van der Waals surface area contributed by atoms with Crippen molar-refractivity contribution in [1.29, 1.82) is 0 Å². The highest BCUT2D eigenvalue weighted by Crippen LogP contribution is 2.11. The highest BCUT2D eigenvalue weighted by atomic mass is 32.1. The summed E-state index contributed by atoms with van der Waals surface area (Å²) >= 11 is 8.41. The van der Waals surface area contributed by atoms with E-state index in [-0.39, 0.29) is 5.25 Å². The average molecular weight is 149 g/mol. The van der Waals surface area contributed by atoms with Crippen LogP contribution in [0.2, 0.25) is 0 Å². The predicted octanol–water partition coefficient (Wildman–Crippen LogP) is 2.22. The molecule has 0 nitrogen and oxygen atoms in total. The number of hydrogen-bond acceptors (Lipinski definition) is 2. The zero-order chi connectivity index (χ0) is 6.57. The molecule has 0 spiro atoms. The summed E-state index contributed by atoms with van der Waals surface area (Å²) in [6.07, 6.45) is 2.11. The van der Waals surface area contributed by atoms with E-state index in [1.165, 1.54) is 0 Å². The van der Waals surface area contributed by atoms with Crippen molar-refractivity contribution in [1.82, 2.24) is 0 Å². The van der Waals surface area contributed by atoms with Gasteiger partial charge in [0, 0.05) is 10.5 Å². The van der Waals surface area contributed by atoms with E-state index in [9.17, 15) is 0 Å². The molecule has 0 amide bonds. The second-order valence-corrected chi connectivity index (χ2v) is 3.41. The summed E-state index contributed by atoms with van der Waals surface area (Å²) in [5.41, 5.74) is 0. The first kappa shape index (κ1) is 8.70. The standard InChI is InChI=1S/C6H13S2/c1-3-6(8)4-5(2)7/h5-8H,2-4H2,1H3. The fourth-order valence-corrected chi connectivity index (χ4v) is 1.16. The molecule has 0 heterocycles. The summed E-state index contributed by atoms with van der Waals surface area (Å²) in [5, 5.41) is 0.729. The highest BCUT2D eigenvalue weighted by Gasteiger charge is 2.01. The van der Waals surface area contributed by atoms with Crippen LogP contribution in [-0.2, 0) is 0 Å². The van der Waals surface area contributed by atoms with E-state index in [1.807, 2.05) is 0 Å². The van der Waals surface area contributed by atoms with Crippen LogP contribution in [-0.4, -0.2) is 10.5 Å². The van der Waals surface area contributed by atoms with Gasteiger partial charge in [0.15, 0.2) is 0 Å². The van der Waals surface area contributed by atoms with E-state index in [0.29, 0.717) is 5.25 Å². The summed E-state index contributed by atoms with van der Waals surface area (Å²) in [5.74, 6) is 0. The maximum Gasteiger partial charge on any atom is 0.00276 e. The van der Waals surface area contributed by atoms with Gasteiger partial charge in [-0.25, -0.2) is 0 Å². The van der Waals surface area contributed by atoms with Gasteiger partial charge >= 0.3 is 0 Å². The molecule has 0 aromatic carbocycles. The van der Waals surface area contributed by atoms with Gasteiger partial charge in [-0.15, -0.1) is 0 Å². The molecule has 0 aliphatic carbocycles. The van der Waals surface area contributed by atoms with Crippen molar-refractivity contribution in [2.45, 2.75) is 30.3 Å². The number of rotatable bonds is 3. The maximum absolute atomic E-state index is 4.28. The molecular weight excluding hydrogens is 136 g/mol. The van der Waals surface area contributed by atoms with Crippen LogP contribution in [0, 0.1) is 6.92 Å². The third kappa shape index (κ3) is 4.85. The summed E-state index contributed by atoms with van der Waals surface area (Å²) in [7, 11) is 0. The average Bonchev–Trinajstić information content (AvgIpc) is 1.65. The molecule has 0 N–H and O–H groups in total. The van der Waals surface area contributed by atoms with E-state index < -0.39 is 0 Å². The number of thiol groups is 2. The monoisotopic (exact) mass is 149 g/mol. The minimum absolute atomic E-state index is 0.248. The van der Waals surface area contributed by atoms with Crippen molar-refractivity contribution in [2.24, 2.45) is 0 Å². The molecule has 0 saturated carbocycles. The van der Waals surface area contributed by atoms with E-state index in [0.717, 1.165) is 12.8 Å². The molecule has 8 heavy (non-hydrogen) atoms. The lowest BCUT2D eigenvalue weighted by molar-refractivity contribution is 0.763. The zero-order valence-corrected chi connectivity index (χ0v) is 6.96. The van der Waals surface area contributed by atoms with Crippen LogP contribution in [0.1, 0.15) is 19.8 Å². The summed E-state index contributed by atoms with van der Waals surface area (Å²) in [6.45, 7) is 5.86. The van der Waals surface area contributed by atoms with Crippen LogP contribution < -0.4 is 0 Å². The summed E-state index contributed by atoms with van der Waals surface area (Å²) in [6, 6.07) is 0. The summed E-state index contributed by atoms with van der Waals surface area (Å²) < 4.78 is 0. The van der Waals surface area contributed by atoms with Gasteiger partial charge in [0.05, 0.1) is 0 Å². The first-order valence-corrected chi connectivity index (χ1v) is 3.89. The van der Waals surface area contributed by atoms with Gasteiger partial charge in [0.2, 0.25) is 0 Å². The van der Waals surface area contributed by atoms with Gasteiger partial charge in [-0.05, 0) is 19.8 Å². The van der Waals surface area contributed by atoms with Crippen LogP contribution in [0.3, 0.4) is 0 Å². The largest absolute Gasteiger partial charge is 0.176 e. The van der Waals surface area contributed by atoms with Crippen LogP contribution in [0.15, 0.2) is 0 Å². The fourth-order valence-electron chi connectivity index (χ4n) is 0.481. The third-order valence-electron chi connectivity index (χ3n) is 1.02. The Kier molecular flexibility index (Phi) is 4.97. The van der Waals surface area contributed by atoms with Crippen LogP contribution in [0.5, 0.6) is 0 Å². The Bertz CT molecular complexity index is 52.5. The molecule has 2 unspecified atom stereocenters. The van der Waals surface area contributed by atoms with Crippen molar-refractivity contribution in [3.8, 4) is 0 Å². The van der Waals surface area contributed by atoms with Gasteiger partial charge in [-0.2, -0.15) is 25.3 Å². The van der Waals surface area contributed by atoms with Gasteiger partial charge < -0.3 is 0 Å². The fraction of sp³-hybridized carbons (Fsp3) is 0.833. The molecule has 2 heteroatoms. The van der Waals surface area contributed by atoms with Crippen LogP contribution >= 0.6 is 25.3 Å². The third-order valence-corrected chi connectivity index (χ3v) is 1.80. The Morgan fingerprint density at radius 1 is 1.50 bits per heavy atom. The SMILES string of the molecule is [CH2]C(S)CC(S)CC. The lowest BCUT2D eigenvalue weighted by Gasteiger charge is -2.08. The molecule has 2 atom stereocenters. The quantitative estimate of drug-likeness (QED) is 0.565. The van der Waals surface area contributed by atoms with Crippen molar-refractivity contribution in [3.05, 3.63) is 6.92 Å². The predicted molar refractivity (Wildman–Crippen MR) is 45.8 cm³/mol. The molecular formula is C6H13S2. The normalized spacial score (nSPS) is 18.0. The van der Waals surface area contributed by atoms with E-state index >= 15 is 0 Å². The first-order chi connectivity index (χ1) is 3.66. The molecule has 0 aromatic heterocycles. The molecule has 0 rings (SSSR count). The minimum atomic E-state index is 0.248.